The van der Waals surface area contributed by atoms with E-state index in [0.29, 0.717) is 17.1 Å². The Hall–Kier alpha value is -3.81. The van der Waals surface area contributed by atoms with Gasteiger partial charge in [-0.2, -0.15) is 13.2 Å². The van der Waals surface area contributed by atoms with E-state index >= 15 is 0 Å². The number of carbonyl (C=O) groups is 1. The molecule has 0 unspecified atom stereocenters. The van der Waals surface area contributed by atoms with Gasteiger partial charge < -0.3 is 14.6 Å². The number of aliphatic carboxylic acids is 1. The fourth-order valence-corrected chi connectivity index (χ4v) is 2.79. The summed E-state index contributed by atoms with van der Waals surface area (Å²) in [6.45, 7) is 0.170. The summed E-state index contributed by atoms with van der Waals surface area (Å²) in [4.78, 5) is 10.8. The third kappa shape index (κ3) is 6.60. The average Bonchev–Trinajstić information content (AvgIpc) is 2.73. The maximum atomic E-state index is 13.7. The topological polar surface area (TPSA) is 55.8 Å². The van der Waals surface area contributed by atoms with Crippen molar-refractivity contribution in [3.8, 4) is 17.2 Å². The molecule has 0 aliphatic heterocycles. The van der Waals surface area contributed by atoms with Crippen molar-refractivity contribution in [3.05, 3.63) is 95.3 Å². The first-order valence-corrected chi connectivity index (χ1v) is 9.45. The largest absolute Gasteiger partial charge is 0.489 e. The molecule has 0 heterocycles. The standard InChI is InChI=1S/C24H18F4O4/c25-22-11-10-21(13-17(22)14-23(29)30)32-20-5-1-4-19(15-20)31-12-2-3-16-6-8-18(9-7-16)24(26,27)28/h1-11,13,15H,12,14H2,(H,29,30)/b3-2+. The SMILES string of the molecule is O=C(O)Cc1cc(Oc2cccc(OC/C=C/c3ccc(C(F)(F)F)cc3)c2)ccc1F. The molecule has 0 fully saturated rings. The first kappa shape index (κ1) is 22.9. The van der Waals surface area contributed by atoms with E-state index in [1.54, 1.807) is 36.4 Å². The number of hydrogen-bond acceptors (Lipinski definition) is 3. The van der Waals surface area contributed by atoms with Gasteiger partial charge in [-0.05, 0) is 54.1 Å². The molecule has 0 saturated carbocycles. The van der Waals surface area contributed by atoms with Crippen LogP contribution in [0, 0.1) is 5.82 Å². The van der Waals surface area contributed by atoms with Gasteiger partial charge in [-0.15, -0.1) is 0 Å². The van der Waals surface area contributed by atoms with Crippen molar-refractivity contribution in [3.63, 3.8) is 0 Å². The van der Waals surface area contributed by atoms with Gasteiger partial charge in [0.15, 0.2) is 0 Å². The van der Waals surface area contributed by atoms with Crippen molar-refractivity contribution in [2.24, 2.45) is 0 Å². The quantitative estimate of drug-likeness (QED) is 0.410. The minimum atomic E-state index is -4.37. The second-order valence-corrected chi connectivity index (χ2v) is 6.73. The molecule has 4 nitrogen and oxygen atoms in total. The molecule has 3 aromatic carbocycles. The molecule has 0 aromatic heterocycles. The lowest BCUT2D eigenvalue weighted by molar-refractivity contribution is -0.138. The highest BCUT2D eigenvalue weighted by Gasteiger charge is 2.29. The summed E-state index contributed by atoms with van der Waals surface area (Å²) in [6, 6.07) is 15.3. The van der Waals surface area contributed by atoms with Crippen molar-refractivity contribution in [2.75, 3.05) is 6.61 Å². The third-order valence-corrected chi connectivity index (χ3v) is 4.29. The second kappa shape index (κ2) is 10.00. The van der Waals surface area contributed by atoms with Gasteiger partial charge in [0, 0.05) is 11.6 Å². The Labute approximate surface area is 181 Å². The molecule has 0 radical (unpaired) electrons. The van der Waals surface area contributed by atoms with Crippen LogP contribution in [0.1, 0.15) is 16.7 Å². The zero-order valence-corrected chi connectivity index (χ0v) is 16.6. The van der Waals surface area contributed by atoms with Crippen LogP contribution in [0.25, 0.3) is 6.08 Å². The number of carboxylic acid groups (broad SMARTS) is 1. The fourth-order valence-electron chi connectivity index (χ4n) is 2.79. The van der Waals surface area contributed by atoms with Crippen molar-refractivity contribution in [1.29, 1.82) is 0 Å². The van der Waals surface area contributed by atoms with Gasteiger partial charge in [-0.1, -0.05) is 24.3 Å². The molecule has 1 N–H and O–H groups in total. The Bertz CT molecular complexity index is 1110. The van der Waals surface area contributed by atoms with Gasteiger partial charge in [0.05, 0.1) is 12.0 Å². The molecule has 0 atom stereocenters. The summed E-state index contributed by atoms with van der Waals surface area (Å²) in [5.41, 5.74) is -0.0954. The summed E-state index contributed by atoms with van der Waals surface area (Å²) in [5.74, 6) is -0.617. The molecule has 32 heavy (non-hydrogen) atoms. The first-order valence-electron chi connectivity index (χ1n) is 9.45. The predicted molar refractivity (Wildman–Crippen MR) is 110 cm³/mol. The number of hydrogen-bond donors (Lipinski definition) is 1. The molecule has 0 bridgehead atoms. The van der Waals surface area contributed by atoms with Gasteiger partial charge in [-0.3, -0.25) is 4.79 Å². The van der Waals surface area contributed by atoms with Crippen molar-refractivity contribution in [2.45, 2.75) is 12.6 Å². The third-order valence-electron chi connectivity index (χ3n) is 4.29. The lowest BCUT2D eigenvalue weighted by atomic mass is 10.1. The molecule has 8 heteroatoms. The molecule has 0 aliphatic carbocycles. The Kier molecular flexibility index (Phi) is 7.14. The van der Waals surface area contributed by atoms with Crippen molar-refractivity contribution < 1.29 is 36.9 Å². The number of alkyl halides is 3. The average molecular weight is 446 g/mol. The molecular formula is C24H18F4O4. The summed E-state index contributed by atoms with van der Waals surface area (Å²) < 4.78 is 62.7. The second-order valence-electron chi connectivity index (χ2n) is 6.73. The number of benzene rings is 3. The maximum Gasteiger partial charge on any atom is 0.416 e. The van der Waals surface area contributed by atoms with Crippen molar-refractivity contribution >= 4 is 12.0 Å². The zero-order chi connectivity index (χ0) is 23.1. The molecule has 166 valence electrons. The van der Waals surface area contributed by atoms with Crippen LogP contribution in [0.15, 0.2) is 72.8 Å². The Morgan fingerprint density at radius 1 is 0.938 bits per heavy atom. The number of rotatable bonds is 8. The van der Waals surface area contributed by atoms with Crippen LogP contribution >= 0.6 is 0 Å². The number of ether oxygens (including phenoxy) is 2. The fraction of sp³-hybridized carbons (Fsp3) is 0.125. The predicted octanol–water partition coefficient (Wildman–Crippen LogP) is 6.36. The minimum Gasteiger partial charge on any atom is -0.489 e. The summed E-state index contributed by atoms with van der Waals surface area (Å²) in [5, 5.41) is 8.85. The van der Waals surface area contributed by atoms with Gasteiger partial charge in [0.1, 0.15) is 29.7 Å². The highest BCUT2D eigenvalue weighted by Crippen LogP contribution is 2.29. The molecule has 0 saturated heterocycles. The Morgan fingerprint density at radius 3 is 2.31 bits per heavy atom. The molecular weight excluding hydrogens is 428 g/mol. The minimum absolute atomic E-state index is 0.0100. The smallest absolute Gasteiger partial charge is 0.416 e. The van der Waals surface area contributed by atoms with Crippen LogP contribution in [0.5, 0.6) is 17.2 Å². The van der Waals surface area contributed by atoms with Crippen LogP contribution in [0.3, 0.4) is 0 Å². The maximum absolute atomic E-state index is 13.7. The van der Waals surface area contributed by atoms with Gasteiger partial charge in [0.2, 0.25) is 0 Å². The van der Waals surface area contributed by atoms with E-state index in [0.717, 1.165) is 18.2 Å². The summed E-state index contributed by atoms with van der Waals surface area (Å²) >= 11 is 0. The van der Waals surface area contributed by atoms with Crippen LogP contribution in [0.2, 0.25) is 0 Å². The number of carboxylic acids is 1. The van der Waals surface area contributed by atoms with E-state index < -0.39 is 29.9 Å². The first-order chi connectivity index (χ1) is 15.2. The zero-order valence-electron chi connectivity index (χ0n) is 16.6. The van der Waals surface area contributed by atoms with E-state index in [1.165, 1.54) is 24.3 Å². The number of halogens is 4. The molecule has 0 spiro atoms. The molecule has 0 aliphatic rings. The van der Waals surface area contributed by atoms with Gasteiger partial charge in [0.25, 0.3) is 0 Å². The molecule has 3 rings (SSSR count). The van der Waals surface area contributed by atoms with Crippen LogP contribution < -0.4 is 9.47 Å². The van der Waals surface area contributed by atoms with Gasteiger partial charge in [-0.25, -0.2) is 4.39 Å². The summed E-state index contributed by atoms with van der Waals surface area (Å²) in [7, 11) is 0. The van der Waals surface area contributed by atoms with Crippen molar-refractivity contribution in [1.82, 2.24) is 0 Å². The van der Waals surface area contributed by atoms with Gasteiger partial charge >= 0.3 is 12.1 Å². The van der Waals surface area contributed by atoms with E-state index in [9.17, 15) is 22.4 Å². The van der Waals surface area contributed by atoms with Crippen LogP contribution in [-0.4, -0.2) is 17.7 Å². The van der Waals surface area contributed by atoms with E-state index in [-0.39, 0.29) is 17.9 Å². The normalized spacial score (nSPS) is 11.5. The highest BCUT2D eigenvalue weighted by atomic mass is 19.4. The molecule has 3 aromatic rings. The summed E-state index contributed by atoms with van der Waals surface area (Å²) in [6.07, 6.45) is -1.53. The van der Waals surface area contributed by atoms with Crippen LogP contribution in [0.4, 0.5) is 17.6 Å². The van der Waals surface area contributed by atoms with Crippen LogP contribution in [-0.2, 0) is 17.4 Å². The molecule has 0 amide bonds. The van der Waals surface area contributed by atoms with E-state index in [4.69, 9.17) is 14.6 Å². The van der Waals surface area contributed by atoms with E-state index in [1.807, 2.05) is 0 Å². The lowest BCUT2D eigenvalue weighted by Gasteiger charge is -2.10. The monoisotopic (exact) mass is 446 g/mol. The highest BCUT2D eigenvalue weighted by molar-refractivity contribution is 5.70. The Balaban J connectivity index is 1.58. The van der Waals surface area contributed by atoms with E-state index in [2.05, 4.69) is 0 Å². The lowest BCUT2D eigenvalue weighted by Crippen LogP contribution is -2.03. The Morgan fingerprint density at radius 2 is 1.62 bits per heavy atom.